The number of carbonyl (C=O) groups is 2. The molecular weight excluding hydrogens is 240 g/mol. The van der Waals surface area contributed by atoms with Crippen molar-refractivity contribution in [3.63, 3.8) is 0 Å². The van der Waals surface area contributed by atoms with E-state index in [2.05, 4.69) is 5.32 Å². The van der Waals surface area contributed by atoms with Crippen LogP contribution in [0.5, 0.6) is 0 Å². The number of carboxylic acids is 1. The van der Waals surface area contributed by atoms with Crippen molar-refractivity contribution in [1.82, 2.24) is 10.2 Å². The number of rotatable bonds is 8. The number of nitrogens with zero attached hydrogens (tertiary/aromatic N) is 1. The second kappa shape index (κ2) is 7.88. The molecule has 0 heterocycles. The zero-order valence-electron chi connectivity index (χ0n) is 11.4. The molecule has 0 atom stereocenters. The van der Waals surface area contributed by atoms with Gasteiger partial charge in [0.15, 0.2) is 0 Å². The molecular formula is C11H22N2O5. The number of urea groups is 1. The summed E-state index contributed by atoms with van der Waals surface area (Å²) in [6.07, 6.45) is 0. The van der Waals surface area contributed by atoms with Crippen LogP contribution in [0, 0.1) is 0 Å². The summed E-state index contributed by atoms with van der Waals surface area (Å²) < 4.78 is 9.99. The molecule has 0 spiro atoms. The number of nitrogens with one attached hydrogen (secondary N) is 1. The lowest BCUT2D eigenvalue weighted by Gasteiger charge is -2.26. The zero-order valence-corrected chi connectivity index (χ0v) is 11.4. The van der Waals surface area contributed by atoms with Crippen LogP contribution in [0.15, 0.2) is 0 Å². The van der Waals surface area contributed by atoms with Crippen molar-refractivity contribution in [2.24, 2.45) is 0 Å². The number of carboxylic acid groups (broad SMARTS) is 1. The Morgan fingerprint density at radius 3 is 2.39 bits per heavy atom. The summed E-state index contributed by atoms with van der Waals surface area (Å²) >= 11 is 0. The molecule has 0 unspecified atom stereocenters. The van der Waals surface area contributed by atoms with Crippen molar-refractivity contribution in [3.05, 3.63) is 0 Å². The van der Waals surface area contributed by atoms with Crippen molar-refractivity contribution in [2.75, 3.05) is 40.5 Å². The van der Waals surface area contributed by atoms with Crippen LogP contribution in [0.1, 0.15) is 13.8 Å². The van der Waals surface area contributed by atoms with Crippen LogP contribution in [0.3, 0.4) is 0 Å². The van der Waals surface area contributed by atoms with Gasteiger partial charge in [0.2, 0.25) is 0 Å². The van der Waals surface area contributed by atoms with E-state index in [1.54, 1.807) is 7.11 Å². The van der Waals surface area contributed by atoms with E-state index in [1.807, 2.05) is 13.8 Å². The Hall–Kier alpha value is -1.34. The molecule has 0 rings (SSSR count). The number of hydrogen-bond acceptors (Lipinski definition) is 4. The van der Waals surface area contributed by atoms with Crippen LogP contribution in [0.25, 0.3) is 0 Å². The first-order chi connectivity index (χ1) is 8.32. The highest BCUT2D eigenvalue weighted by Gasteiger charge is 2.21. The van der Waals surface area contributed by atoms with E-state index in [4.69, 9.17) is 14.6 Å². The van der Waals surface area contributed by atoms with E-state index in [1.165, 1.54) is 12.0 Å². The number of methoxy groups -OCH3 is 2. The quantitative estimate of drug-likeness (QED) is 0.650. The Morgan fingerprint density at radius 1 is 1.33 bits per heavy atom. The highest BCUT2D eigenvalue weighted by molar-refractivity contribution is 5.80. The number of aliphatic carboxylic acids is 1. The Morgan fingerprint density at radius 2 is 1.94 bits per heavy atom. The molecule has 0 bridgehead atoms. The number of ether oxygens (including phenoxy) is 2. The van der Waals surface area contributed by atoms with Gasteiger partial charge in [-0.05, 0) is 13.8 Å². The van der Waals surface area contributed by atoms with Gasteiger partial charge in [-0.1, -0.05) is 0 Å². The van der Waals surface area contributed by atoms with Gasteiger partial charge in [-0.3, -0.25) is 4.79 Å². The summed E-state index contributed by atoms with van der Waals surface area (Å²) in [6, 6.07) is -0.445. The first kappa shape index (κ1) is 16.7. The predicted molar refractivity (Wildman–Crippen MR) is 65.6 cm³/mol. The molecule has 0 aromatic rings. The minimum absolute atomic E-state index is 0.224. The van der Waals surface area contributed by atoms with E-state index in [-0.39, 0.29) is 19.7 Å². The van der Waals surface area contributed by atoms with E-state index in [0.717, 1.165) is 0 Å². The maximum Gasteiger partial charge on any atom is 0.323 e. The zero-order chi connectivity index (χ0) is 14.2. The van der Waals surface area contributed by atoms with Gasteiger partial charge in [-0.2, -0.15) is 0 Å². The van der Waals surface area contributed by atoms with Gasteiger partial charge in [0.25, 0.3) is 0 Å². The van der Waals surface area contributed by atoms with E-state index >= 15 is 0 Å². The van der Waals surface area contributed by atoms with E-state index in [9.17, 15) is 9.59 Å². The van der Waals surface area contributed by atoms with Crippen LogP contribution in [0.2, 0.25) is 0 Å². The molecule has 0 aliphatic heterocycles. The third kappa shape index (κ3) is 7.08. The topological polar surface area (TPSA) is 88.1 Å². The third-order valence-electron chi connectivity index (χ3n) is 2.40. The minimum Gasteiger partial charge on any atom is -0.480 e. The standard InChI is InChI=1S/C11H22N2O5/c1-11(2,18-4)8-12-10(16)13(5-6-17-3)7-9(14)15/h5-8H2,1-4H3,(H,12,16)(H,14,15). The van der Waals surface area contributed by atoms with Gasteiger partial charge in [0.05, 0.1) is 12.2 Å². The largest absolute Gasteiger partial charge is 0.480 e. The smallest absolute Gasteiger partial charge is 0.323 e. The summed E-state index contributed by atoms with van der Waals surface area (Å²) in [5.41, 5.74) is -0.494. The molecule has 0 saturated heterocycles. The van der Waals surface area contributed by atoms with Crippen molar-refractivity contribution < 1.29 is 24.2 Å². The van der Waals surface area contributed by atoms with Gasteiger partial charge in [0, 0.05) is 27.3 Å². The van der Waals surface area contributed by atoms with Crippen molar-refractivity contribution in [1.29, 1.82) is 0 Å². The van der Waals surface area contributed by atoms with Gasteiger partial charge in [0.1, 0.15) is 6.54 Å². The average molecular weight is 262 g/mol. The van der Waals surface area contributed by atoms with E-state index in [0.29, 0.717) is 6.54 Å². The molecule has 18 heavy (non-hydrogen) atoms. The summed E-state index contributed by atoms with van der Waals surface area (Å²) in [7, 11) is 3.04. The molecule has 2 amide bonds. The highest BCUT2D eigenvalue weighted by Crippen LogP contribution is 2.05. The van der Waals surface area contributed by atoms with Gasteiger partial charge < -0.3 is 24.8 Å². The Kier molecular flexibility index (Phi) is 7.30. The van der Waals surface area contributed by atoms with Crippen LogP contribution in [-0.4, -0.2) is 68.1 Å². The number of hydrogen-bond donors (Lipinski definition) is 2. The average Bonchev–Trinajstić information content (AvgIpc) is 2.31. The van der Waals surface area contributed by atoms with Crippen molar-refractivity contribution >= 4 is 12.0 Å². The van der Waals surface area contributed by atoms with Crippen LogP contribution >= 0.6 is 0 Å². The van der Waals surface area contributed by atoms with Gasteiger partial charge in [-0.15, -0.1) is 0 Å². The lowest BCUT2D eigenvalue weighted by Crippen LogP contribution is -2.48. The Labute approximate surface area is 107 Å². The monoisotopic (exact) mass is 262 g/mol. The molecule has 0 aromatic carbocycles. The minimum atomic E-state index is -1.06. The Balaban J connectivity index is 4.32. The van der Waals surface area contributed by atoms with Crippen LogP contribution in [0.4, 0.5) is 4.79 Å². The lowest BCUT2D eigenvalue weighted by atomic mass is 10.1. The van der Waals surface area contributed by atoms with Crippen LogP contribution in [-0.2, 0) is 14.3 Å². The SMILES string of the molecule is COCCN(CC(=O)O)C(=O)NCC(C)(C)OC. The molecule has 0 saturated carbocycles. The summed E-state index contributed by atoms with van der Waals surface area (Å²) in [5.74, 6) is -1.06. The molecule has 7 heteroatoms. The predicted octanol–water partition coefficient (Wildman–Crippen LogP) is 0.154. The van der Waals surface area contributed by atoms with Crippen molar-refractivity contribution in [3.8, 4) is 0 Å². The van der Waals surface area contributed by atoms with Gasteiger partial charge >= 0.3 is 12.0 Å². The molecule has 0 aliphatic rings. The summed E-state index contributed by atoms with van der Waals surface area (Å²) in [4.78, 5) is 23.6. The molecule has 0 aromatic heterocycles. The van der Waals surface area contributed by atoms with E-state index < -0.39 is 17.6 Å². The maximum absolute atomic E-state index is 11.8. The number of carbonyl (C=O) groups excluding carboxylic acids is 1. The Bertz CT molecular complexity index is 281. The van der Waals surface area contributed by atoms with Gasteiger partial charge in [-0.25, -0.2) is 4.79 Å². The fourth-order valence-electron chi connectivity index (χ4n) is 1.09. The molecule has 7 nitrogen and oxygen atoms in total. The molecule has 106 valence electrons. The normalized spacial score (nSPS) is 11.1. The fraction of sp³-hybridized carbons (Fsp3) is 0.818. The highest BCUT2D eigenvalue weighted by atomic mass is 16.5. The maximum atomic E-state index is 11.8. The second-order valence-electron chi connectivity index (χ2n) is 4.43. The first-order valence-corrected chi connectivity index (χ1v) is 5.61. The third-order valence-corrected chi connectivity index (χ3v) is 2.40. The molecule has 0 fully saturated rings. The van der Waals surface area contributed by atoms with Crippen molar-refractivity contribution in [2.45, 2.75) is 19.4 Å². The molecule has 2 N–H and O–H groups in total. The van der Waals surface area contributed by atoms with Crippen LogP contribution < -0.4 is 5.32 Å². The fourth-order valence-corrected chi connectivity index (χ4v) is 1.09. The molecule has 0 radical (unpaired) electrons. The first-order valence-electron chi connectivity index (χ1n) is 5.61. The second-order valence-corrected chi connectivity index (χ2v) is 4.43. The summed E-state index contributed by atoms with van der Waals surface area (Å²) in [5, 5.41) is 11.4. The number of amides is 2. The lowest BCUT2D eigenvalue weighted by molar-refractivity contribution is -0.137. The summed E-state index contributed by atoms with van der Waals surface area (Å²) in [6.45, 7) is 4.10. The molecule has 0 aliphatic carbocycles.